The Bertz CT molecular complexity index is 324. The van der Waals surface area contributed by atoms with Crippen molar-refractivity contribution in [1.82, 2.24) is 0 Å². The predicted octanol–water partition coefficient (Wildman–Crippen LogP) is 4.95. The highest BCUT2D eigenvalue weighted by Crippen LogP contribution is 2.10. The number of hydrogen-bond donors (Lipinski definition) is 0. The third-order valence-corrected chi connectivity index (χ3v) is 3.03. The zero-order valence-corrected chi connectivity index (χ0v) is 12.7. The largest absolute Gasteiger partial charge is 0.303 e. The van der Waals surface area contributed by atoms with Crippen LogP contribution in [0.3, 0.4) is 0 Å². The molecule has 0 bridgehead atoms. The SMILES string of the molecule is CCC=CCCC=C(C=O)CCCCCC=CCC=O. The fourth-order valence-electron chi connectivity index (χ4n) is 1.90. The summed E-state index contributed by atoms with van der Waals surface area (Å²) in [4.78, 5) is 21.0. The lowest BCUT2D eigenvalue weighted by Gasteiger charge is -2.00. The van der Waals surface area contributed by atoms with Gasteiger partial charge < -0.3 is 4.79 Å². The molecule has 0 aromatic rings. The van der Waals surface area contributed by atoms with Gasteiger partial charge in [-0.2, -0.15) is 0 Å². The van der Waals surface area contributed by atoms with Gasteiger partial charge in [0.05, 0.1) is 0 Å². The zero-order chi connectivity index (χ0) is 14.9. The molecule has 0 aromatic carbocycles. The fourth-order valence-corrected chi connectivity index (χ4v) is 1.90. The lowest BCUT2D eigenvalue weighted by molar-refractivity contribution is -0.107. The molecule has 0 N–H and O–H groups in total. The van der Waals surface area contributed by atoms with E-state index in [1.807, 2.05) is 6.08 Å². The first-order valence-corrected chi connectivity index (χ1v) is 7.73. The van der Waals surface area contributed by atoms with Gasteiger partial charge in [0.15, 0.2) is 0 Å². The van der Waals surface area contributed by atoms with Crippen LogP contribution in [0.25, 0.3) is 0 Å². The molecule has 0 aliphatic carbocycles. The molecule has 0 radical (unpaired) electrons. The van der Waals surface area contributed by atoms with Crippen LogP contribution in [0.1, 0.15) is 64.7 Å². The lowest BCUT2D eigenvalue weighted by atomic mass is 10.1. The van der Waals surface area contributed by atoms with Crippen LogP contribution in [0.4, 0.5) is 0 Å². The van der Waals surface area contributed by atoms with E-state index >= 15 is 0 Å². The van der Waals surface area contributed by atoms with E-state index in [9.17, 15) is 9.59 Å². The smallest absolute Gasteiger partial charge is 0.145 e. The maximum absolute atomic E-state index is 10.9. The van der Waals surface area contributed by atoms with Gasteiger partial charge in [-0.1, -0.05) is 43.7 Å². The third-order valence-electron chi connectivity index (χ3n) is 3.03. The number of carbonyl (C=O) groups is 2. The van der Waals surface area contributed by atoms with Crippen LogP contribution in [0.15, 0.2) is 36.0 Å². The first-order chi connectivity index (χ1) is 9.85. The Balaban J connectivity index is 3.63. The Hall–Kier alpha value is -1.44. The molecule has 0 aliphatic rings. The maximum atomic E-state index is 10.9. The summed E-state index contributed by atoms with van der Waals surface area (Å²) in [6.07, 6.45) is 21.1. The molecular weight excluding hydrogens is 248 g/mol. The highest BCUT2D eigenvalue weighted by atomic mass is 16.1. The van der Waals surface area contributed by atoms with Crippen LogP contribution in [0, 0.1) is 0 Å². The van der Waals surface area contributed by atoms with Crippen molar-refractivity contribution >= 4 is 12.6 Å². The number of carbonyl (C=O) groups excluding carboxylic acids is 2. The molecular formula is C18H28O2. The molecule has 0 fully saturated rings. The van der Waals surface area contributed by atoms with E-state index in [4.69, 9.17) is 0 Å². The summed E-state index contributed by atoms with van der Waals surface area (Å²) in [7, 11) is 0. The van der Waals surface area contributed by atoms with Crippen LogP contribution in [0.2, 0.25) is 0 Å². The van der Waals surface area contributed by atoms with Crippen molar-refractivity contribution < 1.29 is 9.59 Å². The van der Waals surface area contributed by atoms with E-state index < -0.39 is 0 Å². The number of allylic oxidation sites excluding steroid dienone is 6. The summed E-state index contributed by atoms with van der Waals surface area (Å²) in [6, 6.07) is 0. The van der Waals surface area contributed by atoms with Crippen LogP contribution < -0.4 is 0 Å². The Kier molecular flexibility index (Phi) is 14.5. The van der Waals surface area contributed by atoms with E-state index in [0.29, 0.717) is 6.42 Å². The Morgan fingerprint density at radius 2 is 1.65 bits per heavy atom. The summed E-state index contributed by atoms with van der Waals surface area (Å²) < 4.78 is 0. The van der Waals surface area contributed by atoms with Gasteiger partial charge in [-0.05, 0) is 50.5 Å². The minimum Gasteiger partial charge on any atom is -0.303 e. The summed E-state index contributed by atoms with van der Waals surface area (Å²) >= 11 is 0. The molecule has 20 heavy (non-hydrogen) atoms. The third kappa shape index (κ3) is 13.0. The van der Waals surface area contributed by atoms with Crippen molar-refractivity contribution in [3.63, 3.8) is 0 Å². The van der Waals surface area contributed by atoms with Crippen LogP contribution >= 0.6 is 0 Å². The number of aldehydes is 2. The second kappa shape index (κ2) is 15.6. The molecule has 112 valence electrons. The van der Waals surface area contributed by atoms with Gasteiger partial charge in [0.2, 0.25) is 0 Å². The Morgan fingerprint density at radius 3 is 2.35 bits per heavy atom. The van der Waals surface area contributed by atoms with Gasteiger partial charge in [-0.25, -0.2) is 0 Å². The summed E-state index contributed by atoms with van der Waals surface area (Å²) in [5.74, 6) is 0. The van der Waals surface area contributed by atoms with Gasteiger partial charge in [-0.3, -0.25) is 4.79 Å². The Morgan fingerprint density at radius 1 is 0.850 bits per heavy atom. The van der Waals surface area contributed by atoms with Crippen LogP contribution in [-0.2, 0) is 9.59 Å². The standard InChI is InChI=1S/C18H28O2/c1-2-3-4-8-11-14-18(17-20)15-12-9-6-5-7-10-13-16-19/h3-4,7,10,14,16-17H,2,5-6,8-9,11-13,15H2,1H3. The molecule has 0 heterocycles. The van der Waals surface area contributed by atoms with Crippen molar-refractivity contribution in [1.29, 1.82) is 0 Å². The first-order valence-electron chi connectivity index (χ1n) is 7.73. The van der Waals surface area contributed by atoms with E-state index in [1.165, 1.54) is 0 Å². The molecule has 0 atom stereocenters. The van der Waals surface area contributed by atoms with E-state index in [0.717, 1.165) is 69.5 Å². The van der Waals surface area contributed by atoms with E-state index in [1.54, 1.807) is 0 Å². The first kappa shape index (κ1) is 18.6. The van der Waals surface area contributed by atoms with E-state index in [-0.39, 0.29) is 0 Å². The second-order valence-electron chi connectivity index (χ2n) is 4.83. The molecule has 0 unspecified atom stereocenters. The fraction of sp³-hybridized carbons (Fsp3) is 0.556. The van der Waals surface area contributed by atoms with Crippen molar-refractivity contribution in [3.8, 4) is 0 Å². The summed E-state index contributed by atoms with van der Waals surface area (Å²) in [5.41, 5.74) is 0.936. The molecule has 0 aliphatic heterocycles. The number of unbranched alkanes of at least 4 members (excludes halogenated alkanes) is 4. The maximum Gasteiger partial charge on any atom is 0.145 e. The zero-order valence-electron chi connectivity index (χ0n) is 12.7. The Labute approximate surface area is 123 Å². The van der Waals surface area contributed by atoms with Crippen molar-refractivity contribution in [2.45, 2.75) is 64.7 Å². The van der Waals surface area contributed by atoms with Gasteiger partial charge in [0.1, 0.15) is 12.6 Å². The van der Waals surface area contributed by atoms with Gasteiger partial charge in [0, 0.05) is 6.42 Å². The van der Waals surface area contributed by atoms with Crippen molar-refractivity contribution in [2.24, 2.45) is 0 Å². The molecule has 0 rings (SSSR count). The monoisotopic (exact) mass is 276 g/mol. The number of rotatable bonds is 13. The summed E-state index contributed by atoms with van der Waals surface area (Å²) in [5, 5.41) is 0. The minimum absolute atomic E-state index is 0.518. The molecule has 0 saturated heterocycles. The molecule has 0 saturated carbocycles. The van der Waals surface area contributed by atoms with Gasteiger partial charge in [0.25, 0.3) is 0 Å². The van der Waals surface area contributed by atoms with Gasteiger partial charge in [-0.15, -0.1) is 0 Å². The molecule has 2 nitrogen and oxygen atoms in total. The van der Waals surface area contributed by atoms with E-state index in [2.05, 4.69) is 31.2 Å². The minimum atomic E-state index is 0.518. The average molecular weight is 276 g/mol. The average Bonchev–Trinajstić information content (AvgIpc) is 2.47. The number of hydrogen-bond acceptors (Lipinski definition) is 2. The van der Waals surface area contributed by atoms with Gasteiger partial charge >= 0.3 is 0 Å². The lowest BCUT2D eigenvalue weighted by Crippen LogP contribution is -1.86. The molecule has 0 aromatic heterocycles. The topological polar surface area (TPSA) is 34.1 Å². The van der Waals surface area contributed by atoms with Crippen molar-refractivity contribution in [2.75, 3.05) is 0 Å². The van der Waals surface area contributed by atoms with Crippen molar-refractivity contribution in [3.05, 3.63) is 36.0 Å². The van der Waals surface area contributed by atoms with Crippen LogP contribution in [-0.4, -0.2) is 12.6 Å². The second-order valence-corrected chi connectivity index (χ2v) is 4.83. The highest BCUT2D eigenvalue weighted by molar-refractivity contribution is 5.72. The highest BCUT2D eigenvalue weighted by Gasteiger charge is 1.95. The quantitative estimate of drug-likeness (QED) is 0.206. The molecule has 2 heteroatoms. The summed E-state index contributed by atoms with van der Waals surface area (Å²) in [6.45, 7) is 2.12. The van der Waals surface area contributed by atoms with Crippen LogP contribution in [0.5, 0.6) is 0 Å². The predicted molar refractivity (Wildman–Crippen MR) is 85.7 cm³/mol. The molecule has 0 amide bonds. The molecule has 0 spiro atoms. The normalized spacial score (nSPS) is 12.3.